The summed E-state index contributed by atoms with van der Waals surface area (Å²) in [6, 6.07) is 5.02. The third kappa shape index (κ3) is 3.12. The number of thiazole rings is 1. The van der Waals surface area contributed by atoms with Crippen LogP contribution in [-0.2, 0) is 0 Å². The molecule has 19 heavy (non-hydrogen) atoms. The molecule has 0 aliphatic rings. The summed E-state index contributed by atoms with van der Waals surface area (Å²) in [6.45, 7) is 6.09. The van der Waals surface area contributed by atoms with Gasteiger partial charge in [0.05, 0.1) is 11.3 Å². The molecule has 100 valence electrons. The van der Waals surface area contributed by atoms with Crippen molar-refractivity contribution in [2.45, 2.75) is 26.7 Å². The summed E-state index contributed by atoms with van der Waals surface area (Å²) in [4.78, 5) is 15.4. The monoisotopic (exact) mass is 276 g/mol. The molecule has 0 bridgehead atoms. The summed E-state index contributed by atoms with van der Waals surface area (Å²) < 4.78 is 0. The molecule has 0 amide bonds. The molecule has 1 aromatic carbocycles. The predicted molar refractivity (Wildman–Crippen MR) is 77.6 cm³/mol. The fraction of sp³-hybridized carbons (Fsp3) is 0.286. The van der Waals surface area contributed by atoms with Gasteiger partial charge in [-0.15, -0.1) is 11.3 Å². The second-order valence-corrected chi connectivity index (χ2v) is 5.55. The summed E-state index contributed by atoms with van der Waals surface area (Å²) in [6.07, 6.45) is 0. The Hall–Kier alpha value is -1.88. The summed E-state index contributed by atoms with van der Waals surface area (Å²) in [5, 5.41) is 15.0. The molecule has 2 N–H and O–H groups in total. The number of nitrogens with one attached hydrogen (secondary N) is 1. The Labute approximate surface area is 116 Å². The first-order chi connectivity index (χ1) is 8.97. The number of aromatic nitrogens is 1. The highest BCUT2D eigenvalue weighted by atomic mass is 32.1. The van der Waals surface area contributed by atoms with E-state index >= 15 is 0 Å². The SMILES string of the molecule is Cc1cc(C(=O)O)ccc1Nc1nc(C(C)C)cs1. The minimum absolute atomic E-state index is 0.296. The second kappa shape index (κ2) is 5.40. The van der Waals surface area contributed by atoms with Gasteiger partial charge in [-0.1, -0.05) is 13.8 Å². The highest BCUT2D eigenvalue weighted by Gasteiger charge is 2.09. The van der Waals surface area contributed by atoms with Gasteiger partial charge in [0.25, 0.3) is 0 Å². The Kier molecular flexibility index (Phi) is 3.85. The third-order valence-corrected chi connectivity index (χ3v) is 3.60. The van der Waals surface area contributed by atoms with Gasteiger partial charge in [-0.2, -0.15) is 0 Å². The molecule has 0 aliphatic carbocycles. The van der Waals surface area contributed by atoms with Crippen LogP contribution < -0.4 is 5.32 Å². The molecule has 5 heteroatoms. The van der Waals surface area contributed by atoms with Gasteiger partial charge < -0.3 is 10.4 Å². The van der Waals surface area contributed by atoms with Crippen molar-refractivity contribution in [2.24, 2.45) is 0 Å². The van der Waals surface area contributed by atoms with Crippen LogP contribution in [0.4, 0.5) is 10.8 Å². The molecule has 2 aromatic rings. The van der Waals surface area contributed by atoms with Crippen LogP contribution in [0.2, 0.25) is 0 Å². The first-order valence-electron chi connectivity index (χ1n) is 6.03. The Balaban J connectivity index is 2.20. The van der Waals surface area contributed by atoms with E-state index in [9.17, 15) is 4.79 Å². The highest BCUT2D eigenvalue weighted by molar-refractivity contribution is 7.13. The van der Waals surface area contributed by atoms with Crippen molar-refractivity contribution in [2.75, 3.05) is 5.32 Å². The lowest BCUT2D eigenvalue weighted by molar-refractivity contribution is 0.0697. The van der Waals surface area contributed by atoms with E-state index in [2.05, 4.69) is 24.1 Å². The Morgan fingerprint density at radius 3 is 2.68 bits per heavy atom. The number of rotatable bonds is 4. The Morgan fingerprint density at radius 2 is 2.16 bits per heavy atom. The summed E-state index contributed by atoms with van der Waals surface area (Å²) in [7, 11) is 0. The quantitative estimate of drug-likeness (QED) is 0.885. The van der Waals surface area contributed by atoms with Crippen LogP contribution in [0, 0.1) is 6.92 Å². The zero-order chi connectivity index (χ0) is 14.0. The van der Waals surface area contributed by atoms with Crippen molar-refractivity contribution in [3.8, 4) is 0 Å². The molecule has 1 aromatic heterocycles. The summed E-state index contributed by atoms with van der Waals surface area (Å²) in [5.41, 5.74) is 3.13. The highest BCUT2D eigenvalue weighted by Crippen LogP contribution is 2.26. The average Bonchev–Trinajstić information content (AvgIpc) is 2.80. The largest absolute Gasteiger partial charge is 0.478 e. The summed E-state index contributed by atoms with van der Waals surface area (Å²) in [5.74, 6) is -0.506. The van der Waals surface area contributed by atoms with Crippen molar-refractivity contribution in [3.63, 3.8) is 0 Å². The Morgan fingerprint density at radius 1 is 1.42 bits per heavy atom. The molecule has 4 nitrogen and oxygen atoms in total. The standard InChI is InChI=1S/C14H16N2O2S/c1-8(2)12-7-19-14(16-12)15-11-5-4-10(13(17)18)6-9(11)3/h4-8H,1-3H3,(H,15,16)(H,17,18). The van der Waals surface area contributed by atoms with E-state index < -0.39 is 5.97 Å². The van der Waals surface area contributed by atoms with Gasteiger partial charge in [-0.05, 0) is 36.6 Å². The van der Waals surface area contributed by atoms with Crippen molar-refractivity contribution in [3.05, 3.63) is 40.4 Å². The Bertz CT molecular complexity index is 605. The van der Waals surface area contributed by atoms with E-state index in [-0.39, 0.29) is 0 Å². The van der Waals surface area contributed by atoms with Crippen LogP contribution in [-0.4, -0.2) is 16.1 Å². The molecule has 0 unspecified atom stereocenters. The molecule has 0 radical (unpaired) electrons. The van der Waals surface area contributed by atoms with Gasteiger partial charge >= 0.3 is 5.97 Å². The molecule has 0 saturated heterocycles. The van der Waals surface area contributed by atoms with Crippen LogP contribution in [0.3, 0.4) is 0 Å². The molecule has 0 aliphatic heterocycles. The molecule has 0 fully saturated rings. The molecule has 0 saturated carbocycles. The maximum Gasteiger partial charge on any atom is 0.335 e. The fourth-order valence-corrected chi connectivity index (χ4v) is 2.55. The van der Waals surface area contributed by atoms with E-state index in [1.165, 1.54) is 0 Å². The van der Waals surface area contributed by atoms with Crippen molar-refractivity contribution in [1.82, 2.24) is 4.98 Å². The smallest absolute Gasteiger partial charge is 0.335 e. The molecular weight excluding hydrogens is 260 g/mol. The average molecular weight is 276 g/mol. The molecule has 0 atom stereocenters. The second-order valence-electron chi connectivity index (χ2n) is 4.69. The van der Waals surface area contributed by atoms with Crippen molar-refractivity contribution in [1.29, 1.82) is 0 Å². The first kappa shape index (κ1) is 13.5. The third-order valence-electron chi connectivity index (χ3n) is 2.83. The van der Waals surface area contributed by atoms with E-state index in [1.54, 1.807) is 29.5 Å². The maximum absolute atomic E-state index is 10.9. The number of nitrogens with zero attached hydrogens (tertiary/aromatic N) is 1. The first-order valence-corrected chi connectivity index (χ1v) is 6.91. The van der Waals surface area contributed by atoms with Crippen LogP contribution in [0.15, 0.2) is 23.6 Å². The molecular formula is C14H16N2O2S. The van der Waals surface area contributed by atoms with Gasteiger partial charge in [-0.3, -0.25) is 0 Å². The van der Waals surface area contributed by atoms with E-state index in [1.807, 2.05) is 12.3 Å². The number of carbonyl (C=O) groups is 1. The zero-order valence-electron chi connectivity index (χ0n) is 11.1. The van der Waals surface area contributed by atoms with Gasteiger partial charge in [0.15, 0.2) is 5.13 Å². The van der Waals surface area contributed by atoms with Gasteiger partial charge in [0, 0.05) is 11.1 Å². The van der Waals surface area contributed by atoms with Gasteiger partial charge in [-0.25, -0.2) is 9.78 Å². The van der Waals surface area contributed by atoms with E-state index in [0.29, 0.717) is 11.5 Å². The van der Waals surface area contributed by atoms with E-state index in [4.69, 9.17) is 5.11 Å². The lowest BCUT2D eigenvalue weighted by Gasteiger charge is -2.07. The lowest BCUT2D eigenvalue weighted by atomic mass is 10.1. The minimum Gasteiger partial charge on any atom is -0.478 e. The lowest BCUT2D eigenvalue weighted by Crippen LogP contribution is -1.99. The normalized spacial score (nSPS) is 10.7. The number of carboxylic acids is 1. The minimum atomic E-state index is -0.911. The van der Waals surface area contributed by atoms with Crippen LogP contribution >= 0.6 is 11.3 Å². The van der Waals surface area contributed by atoms with Crippen molar-refractivity contribution < 1.29 is 9.90 Å². The molecule has 2 rings (SSSR count). The van der Waals surface area contributed by atoms with Gasteiger partial charge in [0.2, 0.25) is 0 Å². The van der Waals surface area contributed by atoms with Crippen LogP contribution in [0.25, 0.3) is 0 Å². The van der Waals surface area contributed by atoms with Crippen molar-refractivity contribution >= 4 is 28.1 Å². The fourth-order valence-electron chi connectivity index (χ4n) is 1.66. The van der Waals surface area contributed by atoms with Crippen LogP contribution in [0.1, 0.15) is 41.4 Å². The summed E-state index contributed by atoms with van der Waals surface area (Å²) >= 11 is 1.55. The molecule has 1 heterocycles. The number of anilines is 2. The maximum atomic E-state index is 10.9. The number of benzene rings is 1. The van der Waals surface area contributed by atoms with Gasteiger partial charge in [0.1, 0.15) is 0 Å². The zero-order valence-corrected chi connectivity index (χ0v) is 11.9. The van der Waals surface area contributed by atoms with Crippen LogP contribution in [0.5, 0.6) is 0 Å². The topological polar surface area (TPSA) is 62.2 Å². The predicted octanol–water partition coefficient (Wildman–Crippen LogP) is 4.02. The number of carboxylic acid groups (broad SMARTS) is 1. The number of hydrogen-bond acceptors (Lipinski definition) is 4. The van der Waals surface area contributed by atoms with E-state index in [0.717, 1.165) is 22.1 Å². The number of hydrogen-bond donors (Lipinski definition) is 2. The molecule has 0 spiro atoms. The number of aromatic carboxylic acids is 1. The number of aryl methyl sites for hydroxylation is 1.